The standard InChI is InChI=1S/C19H24N6O3/c26-17-5-4-16(18(27)23-17)25-19(28)13-2-1-3-15(14(13)12-22-25)21-8-11-24-9-6-20-7-10-24/h1-3,12,16,20-21H,4-11H2,(H,23,26,27). The zero-order chi connectivity index (χ0) is 19.5. The second-order valence-corrected chi connectivity index (χ2v) is 7.15. The lowest BCUT2D eigenvalue weighted by Gasteiger charge is -2.27. The summed E-state index contributed by atoms with van der Waals surface area (Å²) in [6.45, 7) is 5.80. The van der Waals surface area contributed by atoms with E-state index in [0.29, 0.717) is 5.39 Å². The topological polar surface area (TPSA) is 108 Å². The molecule has 1 atom stereocenters. The lowest BCUT2D eigenvalue weighted by molar-refractivity contribution is -0.136. The number of benzene rings is 1. The van der Waals surface area contributed by atoms with Crippen LogP contribution in [0.3, 0.4) is 0 Å². The Morgan fingerprint density at radius 1 is 1.14 bits per heavy atom. The molecular formula is C19H24N6O3. The second kappa shape index (κ2) is 8.07. The van der Waals surface area contributed by atoms with Crippen LogP contribution in [-0.2, 0) is 9.59 Å². The maximum atomic E-state index is 12.9. The molecule has 1 aromatic heterocycles. The molecule has 28 heavy (non-hydrogen) atoms. The van der Waals surface area contributed by atoms with Gasteiger partial charge in [-0.1, -0.05) is 6.07 Å². The number of hydrogen-bond donors (Lipinski definition) is 3. The van der Waals surface area contributed by atoms with Crippen molar-refractivity contribution in [3.8, 4) is 0 Å². The zero-order valence-electron chi connectivity index (χ0n) is 15.6. The predicted molar refractivity (Wildman–Crippen MR) is 105 cm³/mol. The van der Waals surface area contributed by atoms with Gasteiger partial charge >= 0.3 is 0 Å². The van der Waals surface area contributed by atoms with Gasteiger partial charge in [0.15, 0.2) is 0 Å². The third kappa shape index (κ3) is 3.76. The first-order valence-electron chi connectivity index (χ1n) is 9.64. The van der Waals surface area contributed by atoms with Crippen molar-refractivity contribution < 1.29 is 9.59 Å². The molecule has 4 rings (SSSR count). The van der Waals surface area contributed by atoms with Crippen molar-refractivity contribution in [1.82, 2.24) is 25.3 Å². The van der Waals surface area contributed by atoms with Crippen molar-refractivity contribution >= 4 is 28.3 Å². The highest BCUT2D eigenvalue weighted by molar-refractivity contribution is 5.99. The van der Waals surface area contributed by atoms with Crippen molar-refractivity contribution in [2.24, 2.45) is 0 Å². The van der Waals surface area contributed by atoms with Gasteiger partial charge in [0.2, 0.25) is 5.91 Å². The van der Waals surface area contributed by atoms with Crippen molar-refractivity contribution in [3.63, 3.8) is 0 Å². The molecule has 2 aliphatic heterocycles. The Bertz CT molecular complexity index is 950. The van der Waals surface area contributed by atoms with Crippen LogP contribution in [0.4, 0.5) is 5.69 Å². The van der Waals surface area contributed by atoms with Gasteiger partial charge in [-0.05, 0) is 18.6 Å². The second-order valence-electron chi connectivity index (χ2n) is 7.15. The van der Waals surface area contributed by atoms with Crippen molar-refractivity contribution in [1.29, 1.82) is 0 Å². The van der Waals surface area contributed by atoms with Crippen LogP contribution in [0, 0.1) is 0 Å². The number of nitrogens with zero attached hydrogens (tertiary/aromatic N) is 3. The van der Waals surface area contributed by atoms with Gasteiger partial charge in [-0.3, -0.25) is 24.6 Å². The predicted octanol–water partition coefficient (Wildman–Crippen LogP) is -0.309. The molecule has 1 aromatic carbocycles. The van der Waals surface area contributed by atoms with Gasteiger partial charge in [-0.15, -0.1) is 0 Å². The van der Waals surface area contributed by atoms with Crippen LogP contribution in [0.1, 0.15) is 18.9 Å². The molecule has 0 saturated carbocycles. The largest absolute Gasteiger partial charge is 0.383 e. The summed E-state index contributed by atoms with van der Waals surface area (Å²) in [6.07, 6.45) is 2.11. The van der Waals surface area contributed by atoms with E-state index in [1.165, 1.54) is 4.68 Å². The molecule has 2 saturated heterocycles. The van der Waals surface area contributed by atoms with E-state index >= 15 is 0 Å². The fourth-order valence-electron chi connectivity index (χ4n) is 3.76. The fraction of sp³-hybridized carbons (Fsp3) is 0.474. The first-order valence-corrected chi connectivity index (χ1v) is 9.64. The van der Waals surface area contributed by atoms with Crippen LogP contribution in [0.2, 0.25) is 0 Å². The quantitative estimate of drug-likeness (QED) is 0.607. The average Bonchev–Trinajstić information content (AvgIpc) is 2.70. The van der Waals surface area contributed by atoms with E-state index in [9.17, 15) is 14.4 Å². The number of fused-ring (bicyclic) bond motifs is 1. The summed E-state index contributed by atoms with van der Waals surface area (Å²) in [4.78, 5) is 38.8. The van der Waals surface area contributed by atoms with Gasteiger partial charge < -0.3 is 10.6 Å². The summed E-state index contributed by atoms with van der Waals surface area (Å²) in [6, 6.07) is 4.74. The number of imide groups is 1. The van der Waals surface area contributed by atoms with E-state index in [0.717, 1.165) is 50.3 Å². The normalized spacial score (nSPS) is 20.9. The van der Waals surface area contributed by atoms with Crippen molar-refractivity contribution in [3.05, 3.63) is 34.7 Å². The third-order valence-corrected chi connectivity index (χ3v) is 5.31. The first-order chi connectivity index (χ1) is 13.6. The van der Waals surface area contributed by atoms with E-state index in [1.54, 1.807) is 12.3 Å². The number of hydrogen-bond acceptors (Lipinski definition) is 7. The smallest absolute Gasteiger partial charge is 0.275 e. The van der Waals surface area contributed by atoms with Gasteiger partial charge in [0.1, 0.15) is 6.04 Å². The van der Waals surface area contributed by atoms with Crippen molar-refractivity contribution in [2.45, 2.75) is 18.9 Å². The van der Waals surface area contributed by atoms with Crippen LogP contribution in [-0.4, -0.2) is 65.8 Å². The number of piperidine rings is 1. The number of rotatable bonds is 5. The number of carbonyl (C=O) groups is 2. The third-order valence-electron chi connectivity index (χ3n) is 5.31. The number of amides is 2. The number of piperazine rings is 1. The molecule has 1 unspecified atom stereocenters. The summed E-state index contributed by atoms with van der Waals surface area (Å²) >= 11 is 0. The minimum Gasteiger partial charge on any atom is -0.383 e. The Morgan fingerprint density at radius 2 is 1.96 bits per heavy atom. The molecule has 2 aromatic rings. The highest BCUT2D eigenvalue weighted by Gasteiger charge is 2.30. The lowest BCUT2D eigenvalue weighted by atomic mass is 10.1. The maximum absolute atomic E-state index is 12.9. The number of aromatic nitrogens is 2. The van der Waals surface area contributed by atoms with Gasteiger partial charge in [0, 0.05) is 56.8 Å². The molecule has 3 heterocycles. The highest BCUT2D eigenvalue weighted by atomic mass is 16.2. The SMILES string of the molecule is O=C1CCC(n2ncc3c(NCCN4CCNCC4)cccc3c2=O)C(=O)N1. The van der Waals surface area contributed by atoms with Crippen LogP contribution in [0.15, 0.2) is 29.2 Å². The molecule has 0 radical (unpaired) electrons. The number of carbonyl (C=O) groups excluding carboxylic acids is 2. The molecule has 0 aliphatic carbocycles. The Balaban J connectivity index is 1.53. The summed E-state index contributed by atoms with van der Waals surface area (Å²) in [7, 11) is 0. The zero-order valence-corrected chi connectivity index (χ0v) is 15.6. The number of anilines is 1. The van der Waals surface area contributed by atoms with Crippen LogP contribution < -0.4 is 21.5 Å². The van der Waals surface area contributed by atoms with Gasteiger partial charge in [-0.2, -0.15) is 5.10 Å². The molecule has 148 valence electrons. The summed E-state index contributed by atoms with van der Waals surface area (Å²) < 4.78 is 1.19. The fourth-order valence-corrected chi connectivity index (χ4v) is 3.76. The Kier molecular flexibility index (Phi) is 5.36. The molecule has 3 N–H and O–H groups in total. The van der Waals surface area contributed by atoms with Crippen molar-refractivity contribution in [2.75, 3.05) is 44.6 Å². The van der Waals surface area contributed by atoms with Crippen LogP contribution in [0.5, 0.6) is 0 Å². The average molecular weight is 384 g/mol. The maximum Gasteiger partial charge on any atom is 0.275 e. The van der Waals surface area contributed by atoms with E-state index < -0.39 is 11.9 Å². The van der Waals surface area contributed by atoms with Gasteiger partial charge in [-0.25, -0.2) is 4.68 Å². The molecule has 9 heteroatoms. The van der Waals surface area contributed by atoms with E-state index in [4.69, 9.17) is 0 Å². The Morgan fingerprint density at radius 3 is 2.75 bits per heavy atom. The van der Waals surface area contributed by atoms with Crippen LogP contribution in [0.25, 0.3) is 10.8 Å². The molecule has 0 bridgehead atoms. The highest BCUT2D eigenvalue weighted by Crippen LogP contribution is 2.22. The minimum atomic E-state index is -0.751. The van der Waals surface area contributed by atoms with Crippen LogP contribution >= 0.6 is 0 Å². The summed E-state index contributed by atoms with van der Waals surface area (Å²) in [5, 5.41) is 14.5. The Hall–Kier alpha value is -2.78. The summed E-state index contributed by atoms with van der Waals surface area (Å²) in [5.74, 6) is -0.790. The minimum absolute atomic E-state index is 0.205. The molecule has 0 spiro atoms. The van der Waals surface area contributed by atoms with E-state index in [-0.39, 0.29) is 24.3 Å². The van der Waals surface area contributed by atoms with E-state index in [1.807, 2.05) is 12.1 Å². The number of nitrogens with one attached hydrogen (secondary N) is 3. The molecule has 2 fully saturated rings. The molecular weight excluding hydrogens is 360 g/mol. The Labute approximate surface area is 162 Å². The lowest BCUT2D eigenvalue weighted by Crippen LogP contribution is -2.45. The molecule has 9 nitrogen and oxygen atoms in total. The summed E-state index contributed by atoms with van der Waals surface area (Å²) in [5.41, 5.74) is 0.533. The molecule has 2 aliphatic rings. The van der Waals surface area contributed by atoms with Gasteiger partial charge in [0.05, 0.1) is 11.6 Å². The molecule has 2 amide bonds. The first kappa shape index (κ1) is 18.6. The monoisotopic (exact) mass is 384 g/mol. The van der Waals surface area contributed by atoms with E-state index in [2.05, 4.69) is 25.9 Å². The van der Waals surface area contributed by atoms with Gasteiger partial charge in [0.25, 0.3) is 11.5 Å².